The van der Waals surface area contributed by atoms with E-state index in [1.165, 1.54) is 25.0 Å². The van der Waals surface area contributed by atoms with Crippen LogP contribution in [0.1, 0.15) is 55.8 Å². The van der Waals surface area contributed by atoms with Gasteiger partial charge >= 0.3 is 0 Å². The molecule has 2 nitrogen and oxygen atoms in total. The van der Waals surface area contributed by atoms with Crippen LogP contribution in [-0.4, -0.2) is 5.78 Å². The zero-order valence-electron chi connectivity index (χ0n) is 10.3. The maximum Gasteiger partial charge on any atom is 0.165 e. The molecule has 0 fully saturated rings. The summed E-state index contributed by atoms with van der Waals surface area (Å²) >= 11 is 0. The molecule has 1 aromatic carbocycles. The quantitative estimate of drug-likeness (QED) is 0.443. The number of rotatable bonds is 7. The fourth-order valence-corrected chi connectivity index (χ4v) is 1.80. The number of nitrogen functional groups attached to an aromatic ring is 1. The topological polar surface area (TPSA) is 43.1 Å². The standard InChI is InChI=1S/C14H20FNO/c1-2-3-4-5-6-10-13(17)11-8-7-9-12(15)14(11)16/h7-9H,2-6,10,16H2,1H3. The Kier molecular flexibility index (Phi) is 5.67. The van der Waals surface area contributed by atoms with E-state index in [1.54, 1.807) is 6.07 Å². The van der Waals surface area contributed by atoms with E-state index >= 15 is 0 Å². The van der Waals surface area contributed by atoms with E-state index in [0.29, 0.717) is 12.0 Å². The van der Waals surface area contributed by atoms with E-state index in [4.69, 9.17) is 5.73 Å². The highest BCUT2D eigenvalue weighted by atomic mass is 19.1. The van der Waals surface area contributed by atoms with E-state index in [0.717, 1.165) is 19.3 Å². The Morgan fingerprint density at radius 2 is 1.94 bits per heavy atom. The van der Waals surface area contributed by atoms with Crippen LogP contribution in [0.2, 0.25) is 0 Å². The second-order valence-electron chi connectivity index (χ2n) is 4.29. The third-order valence-electron chi connectivity index (χ3n) is 2.86. The van der Waals surface area contributed by atoms with Crippen molar-refractivity contribution in [1.82, 2.24) is 0 Å². The highest BCUT2D eigenvalue weighted by Gasteiger charge is 2.11. The van der Waals surface area contributed by atoms with Crippen molar-refractivity contribution in [3.05, 3.63) is 29.6 Å². The Labute approximate surface area is 102 Å². The molecule has 17 heavy (non-hydrogen) atoms. The van der Waals surface area contributed by atoms with Crippen LogP contribution in [0.25, 0.3) is 0 Å². The smallest absolute Gasteiger partial charge is 0.165 e. The fourth-order valence-electron chi connectivity index (χ4n) is 1.80. The van der Waals surface area contributed by atoms with Gasteiger partial charge in [0.25, 0.3) is 0 Å². The lowest BCUT2D eigenvalue weighted by Gasteiger charge is -2.05. The van der Waals surface area contributed by atoms with Crippen LogP contribution in [0.5, 0.6) is 0 Å². The maximum absolute atomic E-state index is 13.2. The zero-order chi connectivity index (χ0) is 12.7. The van der Waals surface area contributed by atoms with Crippen molar-refractivity contribution in [3.63, 3.8) is 0 Å². The first-order valence-electron chi connectivity index (χ1n) is 6.24. The predicted molar refractivity (Wildman–Crippen MR) is 68.5 cm³/mol. The number of anilines is 1. The number of halogens is 1. The van der Waals surface area contributed by atoms with E-state index < -0.39 is 5.82 Å². The molecule has 0 saturated heterocycles. The van der Waals surface area contributed by atoms with Crippen LogP contribution in [0.15, 0.2) is 18.2 Å². The number of unbranched alkanes of at least 4 members (excludes halogenated alkanes) is 4. The van der Waals surface area contributed by atoms with Crippen LogP contribution >= 0.6 is 0 Å². The summed E-state index contributed by atoms with van der Waals surface area (Å²) in [4.78, 5) is 11.8. The Morgan fingerprint density at radius 3 is 2.65 bits per heavy atom. The molecule has 94 valence electrons. The number of carbonyl (C=O) groups excluding carboxylic acids is 1. The average Bonchev–Trinajstić information content (AvgIpc) is 2.32. The highest BCUT2D eigenvalue weighted by Crippen LogP contribution is 2.18. The van der Waals surface area contributed by atoms with Crippen LogP contribution in [-0.2, 0) is 0 Å². The summed E-state index contributed by atoms with van der Waals surface area (Å²) in [6, 6.07) is 4.39. The van der Waals surface area contributed by atoms with Crippen molar-refractivity contribution in [2.45, 2.75) is 45.4 Å². The van der Waals surface area contributed by atoms with Crippen LogP contribution < -0.4 is 5.73 Å². The summed E-state index contributed by atoms with van der Waals surface area (Å²) < 4.78 is 13.2. The lowest BCUT2D eigenvalue weighted by atomic mass is 10.0. The predicted octanol–water partition coefficient (Wildman–Crippen LogP) is 3.95. The maximum atomic E-state index is 13.2. The molecule has 0 aliphatic rings. The van der Waals surface area contributed by atoms with Crippen molar-refractivity contribution in [2.24, 2.45) is 0 Å². The van der Waals surface area contributed by atoms with Crippen LogP contribution in [0.4, 0.5) is 10.1 Å². The molecule has 0 amide bonds. The largest absolute Gasteiger partial charge is 0.396 e. The van der Waals surface area contributed by atoms with Gasteiger partial charge in [-0.2, -0.15) is 0 Å². The molecule has 0 aromatic heterocycles. The second-order valence-corrected chi connectivity index (χ2v) is 4.29. The van der Waals surface area contributed by atoms with Crippen molar-refractivity contribution in [3.8, 4) is 0 Å². The zero-order valence-corrected chi connectivity index (χ0v) is 10.3. The summed E-state index contributed by atoms with van der Waals surface area (Å²) in [5.74, 6) is -0.569. The highest BCUT2D eigenvalue weighted by molar-refractivity contribution is 6.00. The van der Waals surface area contributed by atoms with E-state index in [2.05, 4.69) is 6.92 Å². The number of para-hydroxylation sites is 1. The van der Waals surface area contributed by atoms with Gasteiger partial charge in [-0.3, -0.25) is 4.79 Å². The van der Waals surface area contributed by atoms with Gasteiger partial charge in [0.05, 0.1) is 5.69 Å². The van der Waals surface area contributed by atoms with Gasteiger partial charge in [-0.05, 0) is 18.6 Å². The summed E-state index contributed by atoms with van der Waals surface area (Å²) in [6.45, 7) is 2.15. The molecule has 0 aliphatic carbocycles. The van der Waals surface area contributed by atoms with Crippen LogP contribution in [0.3, 0.4) is 0 Å². The monoisotopic (exact) mass is 237 g/mol. The van der Waals surface area contributed by atoms with E-state index in [1.807, 2.05) is 0 Å². The summed E-state index contributed by atoms with van der Waals surface area (Å²) in [7, 11) is 0. The molecule has 2 N–H and O–H groups in total. The SMILES string of the molecule is CCCCCCCC(=O)c1cccc(F)c1N. The molecule has 0 unspecified atom stereocenters. The minimum atomic E-state index is -0.512. The third kappa shape index (κ3) is 4.17. The molecule has 0 radical (unpaired) electrons. The van der Waals surface area contributed by atoms with Gasteiger partial charge in [0, 0.05) is 12.0 Å². The molecule has 0 spiro atoms. The first-order valence-corrected chi connectivity index (χ1v) is 6.24. The Balaban J connectivity index is 2.44. The number of carbonyl (C=O) groups is 1. The van der Waals surface area contributed by atoms with Gasteiger partial charge < -0.3 is 5.73 Å². The van der Waals surface area contributed by atoms with Crippen molar-refractivity contribution < 1.29 is 9.18 Å². The number of benzene rings is 1. The van der Waals surface area contributed by atoms with Gasteiger partial charge in [0.2, 0.25) is 0 Å². The van der Waals surface area contributed by atoms with Gasteiger partial charge in [0.15, 0.2) is 5.78 Å². The summed E-state index contributed by atoms with van der Waals surface area (Å²) in [5.41, 5.74) is 5.84. The molecule has 1 rings (SSSR count). The molecule has 0 aliphatic heterocycles. The van der Waals surface area contributed by atoms with Crippen LogP contribution in [0, 0.1) is 5.82 Å². The molecule has 0 heterocycles. The first kappa shape index (κ1) is 13.7. The summed E-state index contributed by atoms with van der Waals surface area (Å²) in [6.07, 6.45) is 5.91. The lowest BCUT2D eigenvalue weighted by molar-refractivity contribution is 0.0979. The minimum Gasteiger partial charge on any atom is -0.396 e. The second kappa shape index (κ2) is 7.05. The normalized spacial score (nSPS) is 10.5. The molecule has 1 aromatic rings. The number of hydrogen-bond donors (Lipinski definition) is 1. The third-order valence-corrected chi connectivity index (χ3v) is 2.86. The number of nitrogens with two attached hydrogens (primary N) is 1. The molecule has 0 atom stereocenters. The van der Waals surface area contributed by atoms with Crippen molar-refractivity contribution >= 4 is 11.5 Å². The molecular weight excluding hydrogens is 217 g/mol. The fraction of sp³-hybridized carbons (Fsp3) is 0.500. The number of ketones is 1. The van der Waals surface area contributed by atoms with E-state index in [-0.39, 0.29) is 11.5 Å². The Hall–Kier alpha value is -1.38. The first-order chi connectivity index (χ1) is 8.16. The molecular formula is C14H20FNO. The summed E-state index contributed by atoms with van der Waals surface area (Å²) in [5, 5.41) is 0. The van der Waals surface area contributed by atoms with Gasteiger partial charge in [-0.1, -0.05) is 38.7 Å². The average molecular weight is 237 g/mol. The molecule has 0 bridgehead atoms. The Bertz CT molecular complexity index is 376. The van der Waals surface area contributed by atoms with E-state index in [9.17, 15) is 9.18 Å². The van der Waals surface area contributed by atoms with Crippen molar-refractivity contribution in [1.29, 1.82) is 0 Å². The number of Topliss-reactive ketones (excluding diaryl/α,β-unsaturated/α-hetero) is 1. The number of hydrogen-bond acceptors (Lipinski definition) is 2. The lowest BCUT2D eigenvalue weighted by Crippen LogP contribution is -2.05. The van der Waals surface area contributed by atoms with Gasteiger partial charge in [-0.15, -0.1) is 0 Å². The van der Waals surface area contributed by atoms with Gasteiger partial charge in [0.1, 0.15) is 5.82 Å². The minimum absolute atomic E-state index is 0.0222. The molecule has 0 saturated carbocycles. The Morgan fingerprint density at radius 1 is 1.24 bits per heavy atom. The van der Waals surface area contributed by atoms with Gasteiger partial charge in [-0.25, -0.2) is 4.39 Å². The molecule has 3 heteroatoms. The van der Waals surface area contributed by atoms with Crippen molar-refractivity contribution in [2.75, 3.05) is 5.73 Å².